The number of hydrogen-bond donors (Lipinski definition) is 1. The van der Waals surface area contributed by atoms with Gasteiger partial charge in [-0.3, -0.25) is 4.40 Å². The minimum atomic E-state index is 0.596. The molecule has 104 valence electrons. The van der Waals surface area contributed by atoms with Crippen molar-refractivity contribution in [1.29, 1.82) is 0 Å². The van der Waals surface area contributed by atoms with Crippen LogP contribution in [-0.4, -0.2) is 36.4 Å². The lowest BCUT2D eigenvalue weighted by atomic mass is 10.3. The maximum atomic E-state index is 4.53. The van der Waals surface area contributed by atoms with Crippen LogP contribution in [0.5, 0.6) is 0 Å². The van der Waals surface area contributed by atoms with Gasteiger partial charge in [-0.05, 0) is 27.0 Å². The molecule has 0 aromatic carbocycles. The number of nitrogens with one attached hydrogen (secondary N) is 1. The summed E-state index contributed by atoms with van der Waals surface area (Å²) in [5.41, 5.74) is 3.94. The average molecular weight is 271 g/mol. The molecule has 0 spiro atoms. The van der Waals surface area contributed by atoms with Crippen molar-refractivity contribution in [2.45, 2.75) is 26.9 Å². The predicted octanol–water partition coefficient (Wildman–Crippen LogP) is 0.705. The summed E-state index contributed by atoms with van der Waals surface area (Å²) in [5.74, 6) is 0.730. The molecule has 0 atom stereocenters. The Morgan fingerprint density at radius 1 is 1.15 bits per heavy atom. The molecule has 20 heavy (non-hydrogen) atoms. The molecule has 0 radical (unpaired) electrons. The summed E-state index contributed by atoms with van der Waals surface area (Å²) < 4.78 is 3.78. The first-order valence-corrected chi connectivity index (χ1v) is 6.51. The molecule has 0 fully saturated rings. The first kappa shape index (κ1) is 12.7. The number of nitrogens with zero attached hydrogens (tertiary/aromatic N) is 6. The van der Waals surface area contributed by atoms with Crippen molar-refractivity contribution < 1.29 is 0 Å². The molecule has 0 aliphatic heterocycles. The second-order valence-corrected chi connectivity index (χ2v) is 4.88. The average Bonchev–Trinajstić information content (AvgIpc) is 2.97. The van der Waals surface area contributed by atoms with Crippen LogP contribution in [0.3, 0.4) is 0 Å². The Balaban J connectivity index is 1.88. The van der Waals surface area contributed by atoms with Gasteiger partial charge in [0.15, 0.2) is 0 Å². The maximum absolute atomic E-state index is 4.53. The highest BCUT2D eigenvalue weighted by atomic mass is 15.4. The van der Waals surface area contributed by atoms with Crippen LogP contribution in [-0.2, 0) is 13.1 Å². The third-order valence-corrected chi connectivity index (χ3v) is 3.08. The van der Waals surface area contributed by atoms with E-state index in [1.165, 1.54) is 0 Å². The van der Waals surface area contributed by atoms with Crippen molar-refractivity contribution in [1.82, 2.24) is 34.7 Å². The Bertz CT molecular complexity index is 740. The molecule has 0 unspecified atom stereocenters. The fourth-order valence-corrected chi connectivity index (χ4v) is 2.24. The van der Waals surface area contributed by atoms with Gasteiger partial charge >= 0.3 is 0 Å². The summed E-state index contributed by atoms with van der Waals surface area (Å²) in [7, 11) is 1.89. The van der Waals surface area contributed by atoms with Crippen molar-refractivity contribution in [2.24, 2.45) is 0 Å². The van der Waals surface area contributed by atoms with Crippen LogP contribution in [0.1, 0.15) is 22.8 Å². The van der Waals surface area contributed by atoms with Crippen LogP contribution >= 0.6 is 0 Å². The van der Waals surface area contributed by atoms with Crippen molar-refractivity contribution in [3.8, 4) is 0 Å². The third-order valence-electron chi connectivity index (χ3n) is 3.08. The molecule has 7 heteroatoms. The number of aromatic nitrogens is 6. The van der Waals surface area contributed by atoms with E-state index < -0.39 is 0 Å². The van der Waals surface area contributed by atoms with Gasteiger partial charge in [0.2, 0.25) is 5.78 Å². The van der Waals surface area contributed by atoms with E-state index in [9.17, 15) is 0 Å². The minimum absolute atomic E-state index is 0.596. The first-order valence-electron chi connectivity index (χ1n) is 6.51. The third kappa shape index (κ3) is 2.39. The summed E-state index contributed by atoms with van der Waals surface area (Å²) >= 11 is 0. The molecule has 3 rings (SSSR count). The van der Waals surface area contributed by atoms with Gasteiger partial charge < -0.3 is 5.32 Å². The molecule has 0 amide bonds. The molecule has 0 aliphatic rings. The maximum Gasteiger partial charge on any atom is 0.234 e. The van der Waals surface area contributed by atoms with E-state index in [4.69, 9.17) is 0 Å². The minimum Gasteiger partial charge on any atom is -0.314 e. The van der Waals surface area contributed by atoms with E-state index >= 15 is 0 Å². The Kier molecular flexibility index (Phi) is 3.19. The Morgan fingerprint density at radius 3 is 2.80 bits per heavy atom. The fourth-order valence-electron chi connectivity index (χ4n) is 2.24. The van der Waals surface area contributed by atoms with E-state index in [1.807, 2.05) is 43.8 Å². The van der Waals surface area contributed by atoms with E-state index in [2.05, 4.69) is 25.6 Å². The monoisotopic (exact) mass is 271 g/mol. The highest BCUT2D eigenvalue weighted by Gasteiger charge is 2.07. The summed E-state index contributed by atoms with van der Waals surface area (Å²) in [6, 6.07) is 2.04. The molecule has 0 aliphatic carbocycles. The van der Waals surface area contributed by atoms with Gasteiger partial charge in [-0.1, -0.05) is 5.21 Å². The molecule has 0 saturated carbocycles. The van der Waals surface area contributed by atoms with Gasteiger partial charge in [-0.2, -0.15) is 0 Å². The van der Waals surface area contributed by atoms with E-state index in [1.54, 1.807) is 4.68 Å². The summed E-state index contributed by atoms with van der Waals surface area (Å²) in [5, 5.41) is 11.2. The van der Waals surface area contributed by atoms with Crippen LogP contribution < -0.4 is 5.32 Å². The van der Waals surface area contributed by atoms with Gasteiger partial charge in [-0.25, -0.2) is 14.6 Å². The first-order chi connectivity index (χ1) is 9.65. The molecule has 0 bridgehead atoms. The lowest BCUT2D eigenvalue weighted by Crippen LogP contribution is -2.05. The number of imidazole rings is 1. The number of aryl methyl sites for hydroxylation is 2. The van der Waals surface area contributed by atoms with Gasteiger partial charge in [0, 0.05) is 24.1 Å². The van der Waals surface area contributed by atoms with Gasteiger partial charge in [0.25, 0.3) is 0 Å². The zero-order chi connectivity index (χ0) is 14.1. The van der Waals surface area contributed by atoms with Crippen LogP contribution in [0.15, 0.2) is 18.5 Å². The molecule has 3 heterocycles. The number of fused-ring (bicyclic) bond motifs is 1. The smallest absolute Gasteiger partial charge is 0.234 e. The highest BCUT2D eigenvalue weighted by Crippen LogP contribution is 2.09. The zero-order valence-electron chi connectivity index (χ0n) is 11.8. The Labute approximate surface area is 116 Å². The van der Waals surface area contributed by atoms with Crippen molar-refractivity contribution in [3.63, 3.8) is 0 Å². The van der Waals surface area contributed by atoms with E-state index in [-0.39, 0.29) is 0 Å². The largest absolute Gasteiger partial charge is 0.314 e. The molecule has 0 saturated heterocycles. The zero-order valence-corrected chi connectivity index (χ0v) is 11.8. The molecule has 1 N–H and O–H groups in total. The predicted molar refractivity (Wildman–Crippen MR) is 74.3 cm³/mol. The number of rotatable bonds is 4. The standard InChI is InChI=1S/C13H17N7/c1-9-4-10(2)20-8-12(16-13(20)15-9)7-19-6-11(5-14-3)17-18-19/h4,6,8,14H,5,7H2,1-3H3. The lowest BCUT2D eigenvalue weighted by molar-refractivity contribution is 0.640. The van der Waals surface area contributed by atoms with E-state index in [0.717, 1.165) is 28.6 Å². The lowest BCUT2D eigenvalue weighted by Gasteiger charge is -1.98. The van der Waals surface area contributed by atoms with Crippen LogP contribution in [0.2, 0.25) is 0 Å². The number of hydrogen-bond acceptors (Lipinski definition) is 5. The van der Waals surface area contributed by atoms with Crippen LogP contribution in [0.4, 0.5) is 0 Å². The molecule has 3 aromatic heterocycles. The molecular weight excluding hydrogens is 254 g/mol. The fraction of sp³-hybridized carbons (Fsp3) is 0.385. The molecule has 3 aromatic rings. The van der Waals surface area contributed by atoms with Crippen molar-refractivity contribution in [3.05, 3.63) is 41.2 Å². The highest BCUT2D eigenvalue weighted by molar-refractivity contribution is 5.34. The molecule has 7 nitrogen and oxygen atoms in total. The van der Waals surface area contributed by atoms with Gasteiger partial charge in [0.1, 0.15) is 0 Å². The topological polar surface area (TPSA) is 72.9 Å². The van der Waals surface area contributed by atoms with Crippen molar-refractivity contribution >= 4 is 5.78 Å². The summed E-state index contributed by atoms with van der Waals surface area (Å²) in [4.78, 5) is 8.96. The van der Waals surface area contributed by atoms with Crippen molar-refractivity contribution in [2.75, 3.05) is 7.05 Å². The second-order valence-electron chi connectivity index (χ2n) is 4.88. The van der Waals surface area contributed by atoms with Gasteiger partial charge in [-0.15, -0.1) is 5.10 Å². The summed E-state index contributed by atoms with van der Waals surface area (Å²) in [6.07, 6.45) is 3.92. The Hall–Kier alpha value is -2.28. The van der Waals surface area contributed by atoms with Crippen LogP contribution in [0, 0.1) is 13.8 Å². The molecular formula is C13H17N7. The van der Waals surface area contributed by atoms with Crippen LogP contribution in [0.25, 0.3) is 5.78 Å². The Morgan fingerprint density at radius 2 is 2.00 bits per heavy atom. The van der Waals surface area contributed by atoms with E-state index in [0.29, 0.717) is 13.1 Å². The van der Waals surface area contributed by atoms with Gasteiger partial charge in [0.05, 0.1) is 24.1 Å². The second kappa shape index (κ2) is 5.01. The SMILES string of the molecule is CNCc1cn(Cc2cn3c(C)cc(C)nc3n2)nn1. The summed E-state index contributed by atoms with van der Waals surface area (Å²) in [6.45, 7) is 5.33. The normalized spacial score (nSPS) is 11.3. The quantitative estimate of drug-likeness (QED) is 0.756.